The normalized spacial score (nSPS) is 16.2. The van der Waals surface area contributed by atoms with Gasteiger partial charge in [-0.3, -0.25) is 4.79 Å². The number of benzene rings is 2. The van der Waals surface area contributed by atoms with Crippen LogP contribution in [0.2, 0.25) is 0 Å². The van der Waals surface area contributed by atoms with E-state index in [0.29, 0.717) is 12.1 Å². The third kappa shape index (κ3) is 4.29. The van der Waals surface area contributed by atoms with Gasteiger partial charge in [0.25, 0.3) is 0 Å². The van der Waals surface area contributed by atoms with Gasteiger partial charge in [-0.2, -0.15) is 5.26 Å². The van der Waals surface area contributed by atoms with Gasteiger partial charge in [0.2, 0.25) is 5.91 Å². The molecule has 1 aliphatic heterocycles. The molecule has 1 amide bonds. The van der Waals surface area contributed by atoms with Crippen LogP contribution in [0.1, 0.15) is 43.9 Å². The molecule has 0 aliphatic carbocycles. The minimum atomic E-state index is -0.422. The van der Waals surface area contributed by atoms with Gasteiger partial charge in [-0.05, 0) is 55.7 Å². The summed E-state index contributed by atoms with van der Waals surface area (Å²) in [6.07, 6.45) is 0.853. The van der Waals surface area contributed by atoms with E-state index in [1.54, 1.807) is 6.07 Å². The van der Waals surface area contributed by atoms with Crippen molar-refractivity contribution in [2.45, 2.75) is 47.1 Å². The fraction of sp³-hybridized carbons (Fsp3) is 0.385. The van der Waals surface area contributed by atoms with Crippen LogP contribution < -0.4 is 10.2 Å². The van der Waals surface area contributed by atoms with Crippen LogP contribution in [-0.4, -0.2) is 35.0 Å². The van der Waals surface area contributed by atoms with E-state index >= 15 is 0 Å². The summed E-state index contributed by atoms with van der Waals surface area (Å²) in [5, 5.41) is 12.6. The number of hydrogen-bond donors (Lipinski definition) is 1. The van der Waals surface area contributed by atoms with Crippen LogP contribution >= 0.6 is 0 Å². The maximum Gasteiger partial charge on any atom is 0.225 e. The molecule has 2 heterocycles. The van der Waals surface area contributed by atoms with Crippen molar-refractivity contribution in [3.8, 4) is 17.3 Å². The fourth-order valence-corrected chi connectivity index (χ4v) is 3.92. The van der Waals surface area contributed by atoms with Gasteiger partial charge in [-0.25, -0.2) is 9.97 Å². The van der Waals surface area contributed by atoms with Crippen LogP contribution in [0.15, 0.2) is 36.4 Å². The van der Waals surface area contributed by atoms with E-state index in [1.807, 2.05) is 39.0 Å². The Labute approximate surface area is 189 Å². The van der Waals surface area contributed by atoms with E-state index < -0.39 is 5.41 Å². The second kappa shape index (κ2) is 8.23. The Kier molecular flexibility index (Phi) is 5.60. The number of nitrogens with zero attached hydrogens (tertiary/aromatic N) is 4. The minimum Gasteiger partial charge on any atom is -0.353 e. The SMILES string of the molecule is Cc1cc2nc(-c3cccc(C#N)c3)c(N3CCC(NC(=O)C(C)(C)C)C3)nc2cc1C. The summed E-state index contributed by atoms with van der Waals surface area (Å²) in [6.45, 7) is 11.4. The number of amides is 1. The van der Waals surface area contributed by atoms with E-state index in [9.17, 15) is 10.1 Å². The molecule has 4 rings (SSSR count). The van der Waals surface area contributed by atoms with Crippen molar-refractivity contribution in [2.24, 2.45) is 5.41 Å². The molecule has 1 aromatic heterocycles. The second-order valence-corrected chi connectivity index (χ2v) is 9.67. The van der Waals surface area contributed by atoms with Gasteiger partial charge in [0.05, 0.1) is 22.7 Å². The zero-order chi connectivity index (χ0) is 23.0. The highest BCUT2D eigenvalue weighted by atomic mass is 16.2. The number of carbonyl (C=O) groups excluding carboxylic acids is 1. The van der Waals surface area contributed by atoms with Gasteiger partial charge in [0, 0.05) is 30.1 Å². The van der Waals surface area contributed by atoms with Crippen LogP contribution in [0, 0.1) is 30.6 Å². The predicted molar refractivity (Wildman–Crippen MR) is 127 cm³/mol. The van der Waals surface area contributed by atoms with Crippen LogP contribution in [-0.2, 0) is 4.79 Å². The number of rotatable bonds is 3. The third-order valence-electron chi connectivity index (χ3n) is 6.03. The lowest BCUT2D eigenvalue weighted by Gasteiger charge is -2.23. The molecule has 1 saturated heterocycles. The van der Waals surface area contributed by atoms with Crippen molar-refractivity contribution < 1.29 is 4.79 Å². The Hall–Kier alpha value is -3.46. The topological polar surface area (TPSA) is 81.9 Å². The van der Waals surface area contributed by atoms with Gasteiger partial charge in [0.15, 0.2) is 5.82 Å². The average molecular weight is 428 g/mol. The first kappa shape index (κ1) is 21.8. The van der Waals surface area contributed by atoms with E-state index in [2.05, 4.69) is 42.3 Å². The average Bonchev–Trinajstić information content (AvgIpc) is 3.21. The molecular weight excluding hydrogens is 398 g/mol. The van der Waals surface area contributed by atoms with E-state index in [-0.39, 0.29) is 11.9 Å². The smallest absolute Gasteiger partial charge is 0.225 e. The van der Waals surface area contributed by atoms with Crippen molar-refractivity contribution in [3.63, 3.8) is 0 Å². The van der Waals surface area contributed by atoms with Crippen LogP contribution in [0.25, 0.3) is 22.3 Å². The Morgan fingerprint density at radius 1 is 1.12 bits per heavy atom. The molecule has 6 heteroatoms. The predicted octanol–water partition coefficient (Wildman–Crippen LogP) is 4.53. The number of anilines is 1. The van der Waals surface area contributed by atoms with Crippen molar-refractivity contribution in [1.29, 1.82) is 5.26 Å². The van der Waals surface area contributed by atoms with E-state index in [4.69, 9.17) is 9.97 Å². The molecular formula is C26H29N5O. The molecule has 1 fully saturated rings. The maximum atomic E-state index is 12.5. The minimum absolute atomic E-state index is 0.0574. The largest absolute Gasteiger partial charge is 0.353 e. The number of nitriles is 1. The van der Waals surface area contributed by atoms with Gasteiger partial charge >= 0.3 is 0 Å². The number of aryl methyl sites for hydroxylation is 2. The molecule has 3 aromatic rings. The Balaban J connectivity index is 1.76. The Morgan fingerprint density at radius 2 is 1.81 bits per heavy atom. The zero-order valence-corrected chi connectivity index (χ0v) is 19.4. The Morgan fingerprint density at radius 3 is 2.47 bits per heavy atom. The number of nitrogens with one attached hydrogen (secondary N) is 1. The second-order valence-electron chi connectivity index (χ2n) is 9.67. The third-order valence-corrected chi connectivity index (χ3v) is 6.03. The molecule has 0 saturated carbocycles. The lowest BCUT2D eigenvalue weighted by atomic mass is 9.95. The molecule has 0 bridgehead atoms. The summed E-state index contributed by atoms with van der Waals surface area (Å²) < 4.78 is 0. The quantitative estimate of drug-likeness (QED) is 0.664. The molecule has 6 nitrogen and oxygen atoms in total. The van der Waals surface area contributed by atoms with Crippen LogP contribution in [0.5, 0.6) is 0 Å². The molecule has 1 atom stereocenters. The van der Waals surface area contributed by atoms with E-state index in [0.717, 1.165) is 41.1 Å². The van der Waals surface area contributed by atoms with E-state index in [1.165, 1.54) is 11.1 Å². The van der Waals surface area contributed by atoms with Gasteiger partial charge in [0.1, 0.15) is 5.69 Å². The highest BCUT2D eigenvalue weighted by Gasteiger charge is 2.30. The van der Waals surface area contributed by atoms with Crippen molar-refractivity contribution in [3.05, 3.63) is 53.1 Å². The monoisotopic (exact) mass is 427 g/mol. The molecule has 164 valence electrons. The van der Waals surface area contributed by atoms with Gasteiger partial charge < -0.3 is 10.2 Å². The first-order valence-electron chi connectivity index (χ1n) is 11.0. The number of fused-ring (bicyclic) bond motifs is 1. The molecule has 2 aromatic carbocycles. The number of hydrogen-bond acceptors (Lipinski definition) is 5. The number of carbonyl (C=O) groups is 1. The first-order valence-corrected chi connectivity index (χ1v) is 11.0. The van der Waals surface area contributed by atoms with Crippen molar-refractivity contribution in [2.75, 3.05) is 18.0 Å². The van der Waals surface area contributed by atoms with Crippen LogP contribution in [0.3, 0.4) is 0 Å². The zero-order valence-electron chi connectivity index (χ0n) is 19.4. The highest BCUT2D eigenvalue weighted by Crippen LogP contribution is 2.33. The highest BCUT2D eigenvalue weighted by molar-refractivity contribution is 5.85. The van der Waals surface area contributed by atoms with Crippen LogP contribution in [0.4, 0.5) is 5.82 Å². The summed E-state index contributed by atoms with van der Waals surface area (Å²) in [6, 6.07) is 13.9. The summed E-state index contributed by atoms with van der Waals surface area (Å²) in [4.78, 5) is 24.7. The Bertz CT molecular complexity index is 1240. The summed E-state index contributed by atoms with van der Waals surface area (Å²) >= 11 is 0. The van der Waals surface area contributed by atoms with Gasteiger partial charge in [-0.15, -0.1) is 0 Å². The molecule has 0 spiro atoms. The summed E-state index contributed by atoms with van der Waals surface area (Å²) in [5.74, 6) is 0.852. The lowest BCUT2D eigenvalue weighted by Crippen LogP contribution is -2.43. The molecule has 1 unspecified atom stereocenters. The summed E-state index contributed by atoms with van der Waals surface area (Å²) in [7, 11) is 0. The van der Waals surface area contributed by atoms with Crippen molar-refractivity contribution >= 4 is 22.8 Å². The maximum absolute atomic E-state index is 12.5. The van der Waals surface area contributed by atoms with Gasteiger partial charge in [-0.1, -0.05) is 32.9 Å². The van der Waals surface area contributed by atoms with Crippen molar-refractivity contribution in [1.82, 2.24) is 15.3 Å². The molecule has 32 heavy (non-hydrogen) atoms. The molecule has 1 aliphatic rings. The number of aromatic nitrogens is 2. The lowest BCUT2D eigenvalue weighted by molar-refractivity contribution is -0.129. The first-order chi connectivity index (χ1) is 15.2. The fourth-order valence-electron chi connectivity index (χ4n) is 3.92. The molecule has 1 N–H and O–H groups in total. The standard InChI is InChI=1S/C26H29N5O/c1-16-11-21-22(12-17(16)2)30-24(23(29-21)19-8-6-7-18(13-19)14-27)31-10-9-20(15-31)28-25(32)26(3,4)5/h6-8,11-13,20H,9-10,15H2,1-5H3,(H,28,32). The summed E-state index contributed by atoms with van der Waals surface area (Å²) in [5.41, 5.74) is 5.84. The molecule has 0 radical (unpaired) electrons.